The molecule has 2 N–H and O–H groups in total. The number of rotatable bonds is 4. The maximum Gasteiger partial charge on any atom is 0.422 e. The second-order valence-corrected chi connectivity index (χ2v) is 7.12. The first-order valence-corrected chi connectivity index (χ1v) is 9.69. The van der Waals surface area contributed by atoms with E-state index >= 15 is 0 Å². The van der Waals surface area contributed by atoms with Crippen molar-refractivity contribution < 1.29 is 41.0 Å². The van der Waals surface area contributed by atoms with Crippen LogP contribution in [0.4, 0.5) is 27.6 Å². The van der Waals surface area contributed by atoms with E-state index in [1.807, 2.05) is 0 Å². The molecule has 7 nitrogen and oxygen atoms in total. The van der Waals surface area contributed by atoms with Gasteiger partial charge in [-0.2, -0.15) is 18.4 Å². The van der Waals surface area contributed by atoms with Gasteiger partial charge in [0, 0.05) is 0 Å². The molecule has 12 heteroatoms. The van der Waals surface area contributed by atoms with Crippen LogP contribution in [0.3, 0.4) is 0 Å². The third-order valence-corrected chi connectivity index (χ3v) is 5.18. The zero-order chi connectivity index (χ0) is 26.1. The van der Waals surface area contributed by atoms with Gasteiger partial charge in [0.1, 0.15) is 28.7 Å². The summed E-state index contributed by atoms with van der Waals surface area (Å²) in [6.07, 6.45) is -5.36. The predicted octanol–water partition coefficient (Wildman–Crippen LogP) is 3.88. The largest absolute Gasteiger partial charge is 0.466 e. The molecule has 0 saturated heterocycles. The third-order valence-electron chi connectivity index (χ3n) is 5.18. The zero-order valence-electron chi connectivity index (χ0n) is 18.1. The summed E-state index contributed by atoms with van der Waals surface area (Å²) in [4.78, 5) is 26.3. The van der Waals surface area contributed by atoms with Gasteiger partial charge >= 0.3 is 18.1 Å². The van der Waals surface area contributed by atoms with Crippen molar-refractivity contribution in [3.63, 3.8) is 0 Å². The van der Waals surface area contributed by atoms with Crippen molar-refractivity contribution in [1.29, 1.82) is 5.26 Å². The first-order valence-electron chi connectivity index (χ1n) is 9.69. The average Bonchev–Trinajstić information content (AvgIpc) is 2.81. The Hall–Kier alpha value is -4.40. The van der Waals surface area contributed by atoms with Crippen LogP contribution in [-0.4, -0.2) is 26.2 Å². The summed E-state index contributed by atoms with van der Waals surface area (Å²) in [6, 6.07) is 10.2. The molecule has 182 valence electrons. The minimum Gasteiger partial charge on any atom is -0.466 e. The highest BCUT2D eigenvalue weighted by Gasteiger charge is 2.44. The van der Waals surface area contributed by atoms with Gasteiger partial charge in [-0.3, -0.25) is 4.90 Å². The molecule has 2 aromatic rings. The number of halogens is 5. The lowest BCUT2D eigenvalue weighted by atomic mass is 9.81. The highest BCUT2D eigenvalue weighted by atomic mass is 19.4. The van der Waals surface area contributed by atoms with Gasteiger partial charge in [0.05, 0.1) is 43.0 Å². The van der Waals surface area contributed by atoms with Crippen molar-refractivity contribution in [2.24, 2.45) is 5.73 Å². The minimum atomic E-state index is -5.36. The van der Waals surface area contributed by atoms with Crippen molar-refractivity contribution in [2.75, 3.05) is 19.1 Å². The molecule has 35 heavy (non-hydrogen) atoms. The van der Waals surface area contributed by atoms with E-state index in [4.69, 9.17) is 15.2 Å². The molecule has 1 heterocycles. The number of carbonyl (C=O) groups is 2. The topological polar surface area (TPSA) is 106 Å². The monoisotopic (exact) mass is 493 g/mol. The molecule has 0 saturated carbocycles. The lowest BCUT2D eigenvalue weighted by molar-refractivity contribution is -0.142. The van der Waals surface area contributed by atoms with Crippen LogP contribution >= 0.6 is 0 Å². The molecule has 0 amide bonds. The van der Waals surface area contributed by atoms with Gasteiger partial charge in [-0.25, -0.2) is 18.4 Å². The van der Waals surface area contributed by atoms with Crippen LogP contribution in [0.15, 0.2) is 65.1 Å². The van der Waals surface area contributed by atoms with Crippen molar-refractivity contribution in [2.45, 2.75) is 12.1 Å². The Morgan fingerprint density at radius 1 is 1.03 bits per heavy atom. The summed E-state index contributed by atoms with van der Waals surface area (Å²) >= 11 is 0. The summed E-state index contributed by atoms with van der Waals surface area (Å²) in [6.45, 7) is 0. The number of carbonyl (C=O) groups excluding carboxylic acids is 2. The number of nitrogens with zero attached hydrogens (tertiary/aromatic N) is 2. The maximum atomic E-state index is 14.4. The zero-order valence-corrected chi connectivity index (χ0v) is 18.1. The van der Waals surface area contributed by atoms with Crippen molar-refractivity contribution in [3.05, 3.63) is 87.9 Å². The van der Waals surface area contributed by atoms with Crippen molar-refractivity contribution >= 4 is 17.6 Å². The number of esters is 2. The Morgan fingerprint density at radius 3 is 2.03 bits per heavy atom. The lowest BCUT2D eigenvalue weighted by Gasteiger charge is -2.36. The molecule has 1 aliphatic heterocycles. The molecule has 3 rings (SSSR count). The summed E-state index contributed by atoms with van der Waals surface area (Å²) < 4.78 is 77.6. The van der Waals surface area contributed by atoms with Crippen LogP contribution in [0.25, 0.3) is 0 Å². The van der Waals surface area contributed by atoms with E-state index in [1.165, 1.54) is 12.1 Å². The molecule has 0 radical (unpaired) electrons. The van der Waals surface area contributed by atoms with Gasteiger partial charge in [0.25, 0.3) is 0 Å². The summed E-state index contributed by atoms with van der Waals surface area (Å²) in [5.41, 5.74) is 2.09. The number of alkyl halides is 3. The number of methoxy groups -OCH3 is 2. The van der Waals surface area contributed by atoms with Gasteiger partial charge in [-0.05, 0) is 17.7 Å². The van der Waals surface area contributed by atoms with Crippen LogP contribution in [-0.2, 0) is 25.2 Å². The van der Waals surface area contributed by atoms with E-state index in [-0.39, 0.29) is 17.7 Å². The van der Waals surface area contributed by atoms with Gasteiger partial charge in [-0.15, -0.1) is 0 Å². The number of nitriles is 1. The van der Waals surface area contributed by atoms with Crippen LogP contribution in [0.5, 0.6) is 0 Å². The Bertz CT molecular complexity index is 1270. The summed E-state index contributed by atoms with van der Waals surface area (Å²) in [7, 11) is 1.93. The summed E-state index contributed by atoms with van der Waals surface area (Å²) in [5.74, 6) is -8.18. The third kappa shape index (κ3) is 4.40. The maximum absolute atomic E-state index is 14.4. The SMILES string of the molecule is COC(=O)C1=C(C(=O)OC)N(c2cc(F)c(C(F)(F)F)c(F)c2)C(N)=C(C#N)C1c1ccccc1. The van der Waals surface area contributed by atoms with Crippen LogP contribution in [0, 0.1) is 23.0 Å². The predicted molar refractivity (Wildman–Crippen MR) is 111 cm³/mol. The van der Waals surface area contributed by atoms with E-state index in [1.54, 1.807) is 24.3 Å². The van der Waals surface area contributed by atoms with E-state index in [0.717, 1.165) is 14.2 Å². The Kier molecular flexibility index (Phi) is 6.82. The first-order chi connectivity index (χ1) is 16.5. The number of hydrogen-bond donors (Lipinski definition) is 1. The summed E-state index contributed by atoms with van der Waals surface area (Å²) in [5, 5.41) is 9.87. The molecule has 0 bridgehead atoms. The highest BCUT2D eigenvalue weighted by molar-refractivity contribution is 6.06. The smallest absolute Gasteiger partial charge is 0.422 e. The Balaban J connectivity index is 2.43. The Morgan fingerprint density at radius 2 is 1.57 bits per heavy atom. The fourth-order valence-electron chi connectivity index (χ4n) is 3.74. The molecule has 0 spiro atoms. The van der Waals surface area contributed by atoms with Crippen molar-refractivity contribution in [1.82, 2.24) is 0 Å². The molecule has 2 aromatic carbocycles. The second-order valence-electron chi connectivity index (χ2n) is 7.12. The van der Waals surface area contributed by atoms with Crippen LogP contribution in [0.1, 0.15) is 17.0 Å². The number of ether oxygens (including phenoxy) is 2. The van der Waals surface area contributed by atoms with Crippen LogP contribution in [0.2, 0.25) is 0 Å². The second kappa shape index (κ2) is 9.46. The van der Waals surface area contributed by atoms with E-state index in [0.29, 0.717) is 10.5 Å². The molecule has 0 aliphatic carbocycles. The normalized spacial score (nSPS) is 16.2. The standard InChI is InChI=1S/C23H16F5N3O4/c1-34-21(32)17-16(11-6-4-3-5-7-11)13(10-29)20(30)31(19(17)22(33)35-2)12-8-14(24)18(15(25)9-12)23(26,27)28/h3-9,16H,30H2,1-2H3. The molecule has 1 aliphatic rings. The van der Waals surface area contributed by atoms with E-state index in [2.05, 4.69) is 0 Å². The van der Waals surface area contributed by atoms with E-state index < -0.39 is 64.0 Å². The quantitative estimate of drug-likeness (QED) is 0.509. The van der Waals surface area contributed by atoms with Gasteiger partial charge in [0.15, 0.2) is 0 Å². The number of allylic oxidation sites excluding steroid dienone is 1. The molecule has 0 aromatic heterocycles. The fraction of sp³-hybridized carbons (Fsp3) is 0.174. The number of benzene rings is 2. The van der Waals surface area contributed by atoms with Gasteiger partial charge in [-0.1, -0.05) is 30.3 Å². The minimum absolute atomic E-state index is 0.272. The first kappa shape index (κ1) is 25.2. The number of hydrogen-bond acceptors (Lipinski definition) is 7. The molecule has 0 fully saturated rings. The molecule has 1 unspecified atom stereocenters. The fourth-order valence-corrected chi connectivity index (χ4v) is 3.74. The van der Waals surface area contributed by atoms with Gasteiger partial charge in [0.2, 0.25) is 0 Å². The lowest BCUT2D eigenvalue weighted by Crippen LogP contribution is -2.41. The number of anilines is 1. The van der Waals surface area contributed by atoms with E-state index in [9.17, 15) is 36.8 Å². The average molecular weight is 493 g/mol. The Labute approximate surface area is 195 Å². The van der Waals surface area contributed by atoms with Crippen molar-refractivity contribution in [3.8, 4) is 6.07 Å². The highest BCUT2D eigenvalue weighted by Crippen LogP contribution is 2.44. The number of nitrogens with two attached hydrogens (primary N) is 1. The molecular weight excluding hydrogens is 477 g/mol. The van der Waals surface area contributed by atoms with Gasteiger partial charge < -0.3 is 15.2 Å². The molecule has 1 atom stereocenters. The van der Waals surface area contributed by atoms with Crippen LogP contribution < -0.4 is 10.6 Å². The molecular formula is C23H16F5N3O4.